The summed E-state index contributed by atoms with van der Waals surface area (Å²) in [5.41, 5.74) is -0.903. The molecule has 0 unspecified atom stereocenters. The Labute approximate surface area is 200 Å². The number of rotatable bonds is 6. The van der Waals surface area contributed by atoms with E-state index in [4.69, 9.17) is 4.74 Å². The van der Waals surface area contributed by atoms with E-state index in [2.05, 4.69) is 5.32 Å². The zero-order chi connectivity index (χ0) is 24.5. The number of sulfonamides is 1. The van der Waals surface area contributed by atoms with Crippen LogP contribution in [0.1, 0.15) is 39.5 Å². The molecule has 3 fully saturated rings. The van der Waals surface area contributed by atoms with Gasteiger partial charge in [-0.2, -0.15) is 4.31 Å². The minimum atomic E-state index is -3.70. The van der Waals surface area contributed by atoms with Gasteiger partial charge in [0.1, 0.15) is 17.8 Å². The summed E-state index contributed by atoms with van der Waals surface area (Å²) >= 11 is 0. The standard InChI is InChI=1S/C23H32N4O6S/c1-3-33-18-7-9-19(10-8-18)34(31,32)26-14-12-25(13-15-26)20(28)16-27-21(29)23(24-22(27)30)11-5-4-6-17(23)2/h7-10,17H,3-6,11-16H2,1-2H3,(H,24,30)/t17-,23+/m1/s1. The van der Waals surface area contributed by atoms with Crippen molar-refractivity contribution in [1.29, 1.82) is 0 Å². The van der Waals surface area contributed by atoms with Crippen molar-refractivity contribution in [2.45, 2.75) is 50.0 Å². The van der Waals surface area contributed by atoms with Crippen LogP contribution in [0.15, 0.2) is 29.2 Å². The van der Waals surface area contributed by atoms with Gasteiger partial charge >= 0.3 is 6.03 Å². The highest BCUT2D eigenvalue weighted by Crippen LogP contribution is 2.38. The van der Waals surface area contributed by atoms with Crippen molar-refractivity contribution < 1.29 is 27.5 Å². The van der Waals surface area contributed by atoms with E-state index >= 15 is 0 Å². The van der Waals surface area contributed by atoms with E-state index < -0.39 is 21.6 Å². The smallest absolute Gasteiger partial charge is 0.325 e. The maximum atomic E-state index is 13.1. The fraction of sp³-hybridized carbons (Fsp3) is 0.609. The topological polar surface area (TPSA) is 116 Å². The highest BCUT2D eigenvalue weighted by Gasteiger charge is 2.55. The van der Waals surface area contributed by atoms with Crippen LogP contribution in [0.5, 0.6) is 5.75 Å². The van der Waals surface area contributed by atoms with Crippen molar-refractivity contribution in [3.05, 3.63) is 24.3 Å². The molecule has 2 saturated heterocycles. The highest BCUT2D eigenvalue weighted by molar-refractivity contribution is 7.89. The summed E-state index contributed by atoms with van der Waals surface area (Å²) in [7, 11) is -3.70. The number of hydrogen-bond acceptors (Lipinski definition) is 6. The van der Waals surface area contributed by atoms with E-state index in [1.54, 1.807) is 12.1 Å². The number of carbonyl (C=O) groups is 3. The number of nitrogens with zero attached hydrogens (tertiary/aromatic N) is 3. The van der Waals surface area contributed by atoms with E-state index in [1.807, 2.05) is 13.8 Å². The quantitative estimate of drug-likeness (QED) is 0.601. The number of piperazine rings is 1. The summed E-state index contributed by atoms with van der Waals surface area (Å²) in [6, 6.07) is 5.74. The average Bonchev–Trinajstić information content (AvgIpc) is 3.06. The van der Waals surface area contributed by atoms with E-state index in [1.165, 1.54) is 21.3 Å². The second-order valence-corrected chi connectivity index (χ2v) is 11.1. The Bertz CT molecular complexity index is 1050. The third kappa shape index (κ3) is 4.38. The summed E-state index contributed by atoms with van der Waals surface area (Å²) in [4.78, 5) is 41.3. The second kappa shape index (κ2) is 9.53. The highest BCUT2D eigenvalue weighted by atomic mass is 32.2. The fourth-order valence-electron chi connectivity index (χ4n) is 5.08. The van der Waals surface area contributed by atoms with E-state index in [0.717, 1.165) is 24.2 Å². The molecular weight excluding hydrogens is 460 g/mol. The van der Waals surface area contributed by atoms with E-state index in [-0.39, 0.29) is 55.4 Å². The molecule has 2 atom stereocenters. The lowest BCUT2D eigenvalue weighted by Gasteiger charge is -2.37. The first-order valence-electron chi connectivity index (χ1n) is 11.8. The first kappa shape index (κ1) is 24.5. The number of nitrogens with one attached hydrogen (secondary N) is 1. The SMILES string of the molecule is CCOc1ccc(S(=O)(=O)N2CCN(C(=O)CN3C(=O)N[C@]4(CCCC[C@H]4C)C3=O)CC2)cc1. The van der Waals surface area contributed by atoms with Crippen LogP contribution in [-0.2, 0) is 19.6 Å². The van der Waals surface area contributed by atoms with Crippen molar-refractivity contribution in [2.24, 2.45) is 5.92 Å². The molecule has 1 aliphatic carbocycles. The molecule has 1 aromatic carbocycles. The maximum Gasteiger partial charge on any atom is 0.325 e. The Morgan fingerprint density at radius 1 is 1.12 bits per heavy atom. The van der Waals surface area contributed by atoms with Crippen molar-refractivity contribution in [3.8, 4) is 5.75 Å². The van der Waals surface area contributed by atoms with Crippen molar-refractivity contribution in [2.75, 3.05) is 39.3 Å². The molecule has 3 aliphatic rings. The Morgan fingerprint density at radius 3 is 2.41 bits per heavy atom. The summed E-state index contributed by atoms with van der Waals surface area (Å²) in [6.45, 7) is 4.65. The average molecular weight is 493 g/mol. The molecule has 34 heavy (non-hydrogen) atoms. The van der Waals surface area contributed by atoms with Crippen LogP contribution >= 0.6 is 0 Å². The van der Waals surface area contributed by atoms with Gasteiger partial charge in [0, 0.05) is 26.2 Å². The Balaban J connectivity index is 1.35. The third-order valence-corrected chi connectivity index (χ3v) is 9.07. The zero-order valence-corrected chi connectivity index (χ0v) is 20.5. The predicted molar refractivity (Wildman–Crippen MR) is 124 cm³/mol. The molecule has 2 aliphatic heterocycles. The second-order valence-electron chi connectivity index (χ2n) is 9.13. The first-order valence-corrected chi connectivity index (χ1v) is 13.3. The number of urea groups is 1. The van der Waals surface area contributed by atoms with Gasteiger partial charge in [-0.05, 0) is 49.9 Å². The van der Waals surface area contributed by atoms with Gasteiger partial charge in [0.2, 0.25) is 15.9 Å². The van der Waals surface area contributed by atoms with Crippen LogP contribution in [0.2, 0.25) is 0 Å². The number of ether oxygens (including phenoxy) is 1. The molecule has 11 heteroatoms. The minimum absolute atomic E-state index is 0.0224. The Hall–Kier alpha value is -2.66. The van der Waals surface area contributed by atoms with Gasteiger partial charge in [0.25, 0.3) is 5.91 Å². The Morgan fingerprint density at radius 2 is 1.79 bits per heavy atom. The molecule has 186 valence electrons. The van der Waals surface area contributed by atoms with E-state index in [9.17, 15) is 22.8 Å². The molecule has 1 spiro atoms. The monoisotopic (exact) mass is 492 g/mol. The van der Waals surface area contributed by atoms with Gasteiger partial charge in [0.15, 0.2) is 0 Å². The van der Waals surface area contributed by atoms with Gasteiger partial charge in [-0.1, -0.05) is 19.8 Å². The molecule has 4 rings (SSSR count). The van der Waals surface area contributed by atoms with Gasteiger partial charge < -0.3 is 15.0 Å². The fourth-order valence-corrected chi connectivity index (χ4v) is 6.50. The number of benzene rings is 1. The molecule has 0 radical (unpaired) electrons. The van der Waals surface area contributed by atoms with Crippen LogP contribution in [-0.4, -0.2) is 85.2 Å². The van der Waals surface area contributed by atoms with Crippen LogP contribution in [0, 0.1) is 5.92 Å². The molecule has 2 heterocycles. The summed E-state index contributed by atoms with van der Waals surface area (Å²) in [6.07, 6.45) is 3.34. The molecular formula is C23H32N4O6S. The lowest BCUT2D eigenvalue weighted by Crippen LogP contribution is -2.55. The number of carbonyl (C=O) groups excluding carboxylic acids is 3. The number of hydrogen-bond donors (Lipinski definition) is 1. The van der Waals surface area contributed by atoms with Crippen LogP contribution in [0.3, 0.4) is 0 Å². The normalized spacial score (nSPS) is 26.1. The molecule has 0 aromatic heterocycles. The van der Waals surface area contributed by atoms with Crippen molar-refractivity contribution in [1.82, 2.24) is 19.4 Å². The molecule has 1 saturated carbocycles. The minimum Gasteiger partial charge on any atom is -0.494 e. The lowest BCUT2D eigenvalue weighted by atomic mass is 9.73. The molecule has 1 aromatic rings. The zero-order valence-electron chi connectivity index (χ0n) is 19.7. The Kier molecular flexibility index (Phi) is 6.86. The first-order chi connectivity index (χ1) is 16.2. The lowest BCUT2D eigenvalue weighted by molar-refractivity contribution is -0.141. The molecule has 0 bridgehead atoms. The predicted octanol–water partition coefficient (Wildman–Crippen LogP) is 1.42. The van der Waals surface area contributed by atoms with Crippen LogP contribution in [0.4, 0.5) is 4.79 Å². The van der Waals surface area contributed by atoms with Crippen molar-refractivity contribution >= 4 is 27.9 Å². The van der Waals surface area contributed by atoms with Crippen molar-refractivity contribution in [3.63, 3.8) is 0 Å². The van der Waals surface area contributed by atoms with Gasteiger partial charge in [-0.25, -0.2) is 13.2 Å². The largest absolute Gasteiger partial charge is 0.494 e. The molecule has 10 nitrogen and oxygen atoms in total. The summed E-state index contributed by atoms with van der Waals surface area (Å²) < 4.78 is 32.7. The molecule has 1 N–H and O–H groups in total. The van der Waals surface area contributed by atoms with Crippen LogP contribution in [0.25, 0.3) is 0 Å². The van der Waals surface area contributed by atoms with Gasteiger partial charge in [-0.15, -0.1) is 0 Å². The maximum absolute atomic E-state index is 13.1. The molecule has 4 amide bonds. The van der Waals surface area contributed by atoms with Crippen LogP contribution < -0.4 is 10.1 Å². The summed E-state index contributed by atoms with van der Waals surface area (Å²) in [5.74, 6) is -0.0622. The number of amides is 4. The van der Waals surface area contributed by atoms with Gasteiger partial charge in [0.05, 0.1) is 11.5 Å². The van der Waals surface area contributed by atoms with Gasteiger partial charge in [-0.3, -0.25) is 14.5 Å². The third-order valence-electron chi connectivity index (χ3n) is 7.16. The van der Waals surface area contributed by atoms with E-state index in [0.29, 0.717) is 18.8 Å². The number of imide groups is 1. The summed E-state index contributed by atoms with van der Waals surface area (Å²) in [5, 5.41) is 2.85.